The second-order valence-electron chi connectivity index (χ2n) is 28.1. The van der Waals surface area contributed by atoms with Crippen molar-refractivity contribution in [3.8, 4) is 90.0 Å². The van der Waals surface area contributed by atoms with E-state index < -0.39 is 149 Å². The molecule has 0 amide bonds. The van der Waals surface area contributed by atoms with Gasteiger partial charge < -0.3 is 13.7 Å². The van der Waals surface area contributed by atoms with E-state index in [-0.39, 0.29) is 11.0 Å². The van der Waals surface area contributed by atoms with Gasteiger partial charge in [-0.1, -0.05) is 275 Å². The molecule has 0 spiro atoms. The number of hydrogen-bond acceptors (Lipinski definition) is 3. The molecule has 21 rings (SSSR count). The molecule has 6 heterocycles. The molecule has 0 radical (unpaired) electrons. The molecule has 1 aliphatic rings. The molecule has 7 nitrogen and oxygen atoms in total. The largest absolute Gasteiger partial charge is 0.458 e. The molecule has 0 fully saturated rings. The minimum Gasteiger partial charge on any atom is -0.458 e. The fourth-order valence-corrected chi connectivity index (χ4v) is 19.7. The number of ether oxygens (including phenoxy) is 1. The van der Waals surface area contributed by atoms with Crippen molar-refractivity contribution >= 4 is 105 Å². The van der Waals surface area contributed by atoms with E-state index in [9.17, 15) is 21.9 Å². The molecule has 510 valence electrons. The van der Waals surface area contributed by atoms with E-state index in [2.05, 4.69) is 114 Å². The lowest BCUT2D eigenvalue weighted by Gasteiger charge is -2.34. The maximum Gasteiger partial charge on any atom is 0.269 e. The highest BCUT2D eigenvalue weighted by molar-refractivity contribution is 7.20. The first-order chi connectivity index (χ1) is 61.1. The van der Waals surface area contributed by atoms with Crippen molar-refractivity contribution in [1.29, 1.82) is 0 Å². The molecule has 0 aliphatic carbocycles. The van der Waals surface area contributed by atoms with Crippen LogP contribution in [0.4, 0.5) is 0 Å². The van der Waals surface area contributed by atoms with Crippen molar-refractivity contribution in [1.82, 2.24) is 18.7 Å². The van der Waals surface area contributed by atoms with E-state index in [1.807, 2.05) is 168 Å². The third-order valence-electron chi connectivity index (χ3n) is 21.1. The molecule has 0 saturated carbocycles. The number of nitrogens with zero attached hydrogens (tertiary/aromatic N) is 5. The molecule has 5 aromatic heterocycles. The maximum atomic E-state index is 11.1. The van der Waals surface area contributed by atoms with Crippen LogP contribution >= 0.6 is 0 Å². The number of rotatable bonds is 11. The number of furan rings is 1. The lowest BCUT2D eigenvalue weighted by atomic mass is 9.86. The summed E-state index contributed by atoms with van der Waals surface area (Å²) >= 11 is 0. The fourth-order valence-electron chi connectivity index (χ4n) is 16.1. The summed E-state index contributed by atoms with van der Waals surface area (Å²) in [5.41, 5.74) is 14.2. The van der Waals surface area contributed by atoms with Gasteiger partial charge >= 0.3 is 0 Å². The first-order valence-electron chi connectivity index (χ1n) is 45.0. The smallest absolute Gasteiger partial charge is 0.269 e. The number of pyridine rings is 1. The molecule has 8 heteroatoms. The first-order valence-corrected chi connectivity index (χ1v) is 37.5. The van der Waals surface area contributed by atoms with Crippen LogP contribution in [0.1, 0.15) is 52.4 Å². The van der Waals surface area contributed by atoms with Crippen LogP contribution in [0.5, 0.6) is 11.5 Å². The molecule has 15 aromatic carbocycles. The monoisotopic (exact) mass is 1420 g/mol. The summed E-state index contributed by atoms with van der Waals surface area (Å²) in [6, 6.07) is 60.4. The van der Waals surface area contributed by atoms with Gasteiger partial charge in [0, 0.05) is 44.6 Å². The summed E-state index contributed by atoms with van der Waals surface area (Å²) in [7, 11) is -6.27. The predicted octanol–water partition coefficient (Wildman–Crippen LogP) is 22.3. The average Bonchev–Trinajstić information content (AvgIpc) is 1.27. The van der Waals surface area contributed by atoms with Crippen molar-refractivity contribution in [2.75, 3.05) is 0 Å². The van der Waals surface area contributed by atoms with Gasteiger partial charge in [0.15, 0.2) is 8.07 Å². The zero-order chi connectivity index (χ0) is 88.3. The molecule has 0 unspecified atom stereocenters. The van der Waals surface area contributed by atoms with Crippen LogP contribution in [0.25, 0.3) is 155 Å². The number of imidazole rings is 1. The van der Waals surface area contributed by atoms with E-state index in [1.165, 1.54) is 0 Å². The number of aromatic nitrogens is 5. The Labute approximate surface area is 652 Å². The predicted molar refractivity (Wildman–Crippen MR) is 447 cm³/mol. The van der Waals surface area contributed by atoms with Gasteiger partial charge in [-0.3, -0.25) is 13.7 Å². The van der Waals surface area contributed by atoms with Crippen LogP contribution in [0, 0.1) is 6.33 Å². The molecule has 0 bridgehead atoms. The Bertz CT molecular complexity index is 7960. The molecule has 108 heavy (non-hydrogen) atoms. The Kier molecular flexibility index (Phi) is 10.6. The maximum absolute atomic E-state index is 11.1. The highest BCUT2D eigenvalue weighted by atomic mass is 28.3. The molecule has 20 aromatic rings. The number of benzene rings is 15. The summed E-state index contributed by atoms with van der Waals surface area (Å²) in [4.78, 5) is 4.96. The van der Waals surface area contributed by atoms with Gasteiger partial charge in [-0.25, -0.2) is 4.98 Å². The second kappa shape index (κ2) is 24.7. The van der Waals surface area contributed by atoms with Crippen LogP contribution in [-0.4, -0.2) is 26.8 Å². The van der Waals surface area contributed by atoms with Crippen LogP contribution in [0.3, 0.4) is 0 Å². The fraction of sp³-hybridized carbons (Fsp3) is 0.0400. The van der Waals surface area contributed by atoms with E-state index in [0.717, 1.165) is 93.6 Å². The van der Waals surface area contributed by atoms with Gasteiger partial charge in [-0.15, -0.1) is 0 Å². The first kappa shape index (κ1) is 46.2. The Hall–Kier alpha value is -13.7. The van der Waals surface area contributed by atoms with Gasteiger partial charge in [0.1, 0.15) is 28.5 Å². The Balaban J connectivity index is 0.867. The Morgan fingerprint density at radius 2 is 0.963 bits per heavy atom. The quantitative estimate of drug-likeness (QED) is 0.0561. The van der Waals surface area contributed by atoms with Crippen molar-refractivity contribution in [3.05, 3.63) is 376 Å². The highest BCUT2D eigenvalue weighted by Gasteiger charge is 2.42. The number of fused-ring (bicyclic) bond motifs is 16. The third kappa shape index (κ3) is 9.94. The van der Waals surface area contributed by atoms with Crippen molar-refractivity contribution in [3.63, 3.8) is 0 Å². The molecule has 0 atom stereocenters. The van der Waals surface area contributed by atoms with Crippen LogP contribution < -0.4 is 30.1 Å². The average molecular weight is 1420 g/mol. The van der Waals surface area contributed by atoms with Crippen molar-refractivity contribution < 1.29 is 39.8 Å². The summed E-state index contributed by atoms with van der Waals surface area (Å²) in [5, 5.41) is 2.07. The van der Waals surface area contributed by atoms with E-state index >= 15 is 0 Å². The molecule has 1 aliphatic heterocycles. The third-order valence-corrected chi connectivity index (χ3v) is 25.1. The zero-order valence-corrected chi connectivity index (χ0v) is 59.2. The SMILES string of the molecule is [2H]c1c([2H])c([2H])c([Si](c2c([2H])c([2H])c([2H])c([2H])c2[2H])(c2c([2H])c([2H])c([2H])c([2H])c2[2H])c2c([2H])c([2H])c([2H])c(-c3ccc4c(c3)-c3cccc(-n5c6ccccc6c6ccccc65)c3-[n+]3[c-]n(-c5cccc(Oc6ccc7c8ccccc8n(-c8cc(C(C)(C)C)ccn8)c7c6)c5)c5cc(-c6ccc7oc8ccccc8c7c6)cc(c53)-c3ccccc3-4)c2[2H])c([2H])c1[2H]. The van der Waals surface area contributed by atoms with Gasteiger partial charge in [0.05, 0.1) is 76.2 Å². The summed E-state index contributed by atoms with van der Waals surface area (Å²) in [6.07, 6.45) is 5.85. The van der Waals surface area contributed by atoms with E-state index in [0.29, 0.717) is 67.4 Å². The topological polar surface area (TPSA) is 53.9 Å². The van der Waals surface area contributed by atoms with Crippen molar-refractivity contribution in [2.45, 2.75) is 26.2 Å². The van der Waals surface area contributed by atoms with Crippen LogP contribution in [-0.2, 0) is 5.41 Å². The number of para-hydroxylation sites is 5. The van der Waals surface area contributed by atoms with Gasteiger partial charge in [0.25, 0.3) is 6.33 Å². The van der Waals surface area contributed by atoms with Gasteiger partial charge in [0.2, 0.25) is 0 Å². The molecular weight excluding hydrogens is 1330 g/mol. The second-order valence-corrected chi connectivity index (χ2v) is 31.6. The van der Waals surface area contributed by atoms with E-state index in [4.69, 9.17) is 18.3 Å². The van der Waals surface area contributed by atoms with Gasteiger partial charge in [-0.2, -0.15) is 0 Å². The lowest BCUT2D eigenvalue weighted by molar-refractivity contribution is -0.571. The molecule has 0 saturated heterocycles. The molecular formula is C100H69N5O2Si. The summed E-state index contributed by atoms with van der Waals surface area (Å²) < 4.78 is 206. The highest BCUT2D eigenvalue weighted by Crippen LogP contribution is 2.49. The van der Waals surface area contributed by atoms with Crippen molar-refractivity contribution in [2.24, 2.45) is 0 Å². The summed E-state index contributed by atoms with van der Waals surface area (Å²) in [5.74, 6) is 1.82. The lowest BCUT2D eigenvalue weighted by Crippen LogP contribution is -2.74. The Morgan fingerprint density at radius 3 is 1.67 bits per heavy atom. The minimum atomic E-state index is -6.27. The van der Waals surface area contributed by atoms with E-state index in [1.54, 1.807) is 12.1 Å². The standard InChI is InChI=1S/C100H69N5O2Si/c1-100(2,3)69-54-55-101-97(61-69)105-91-45-21-17-40-82(91)83-52-50-72(63-93(83)105)106-71-28-24-27-70(62-71)102-64-103-98-85(42-25-46-92(98)104-89-43-19-15-38-80(89)81-39-16-20-44-90(81)104)86-57-66(65-26-23-35-76(56-65)108(73-29-7-4-8-30-73,74-31-9-5-10-32-74)75-33-11-6-12-34-75)48-51-79(86)77-36-13-14-37-78(77)88-59-68(60-94(102)99(88)103)67-49-53-96-87(58-67)84-41-18-22-47-95(84)107-96/h4-63H,1-3H3/i4D,5D,6D,7D,8D,9D,10D,11D,12D,23D,26D,29D,30D,31D,32D,33D,34D,35D,56D. The Morgan fingerprint density at radius 1 is 0.398 bits per heavy atom. The minimum absolute atomic E-state index is 0.00188. The van der Waals surface area contributed by atoms with Crippen LogP contribution in [0.15, 0.2) is 368 Å². The zero-order valence-electron chi connectivity index (χ0n) is 77.2. The normalized spacial score (nSPS) is 14.7. The van der Waals surface area contributed by atoms with Crippen LogP contribution in [0.2, 0.25) is 0 Å². The van der Waals surface area contributed by atoms with Gasteiger partial charge in [-0.05, 0) is 184 Å². The number of hydrogen-bond donors (Lipinski definition) is 0. The summed E-state index contributed by atoms with van der Waals surface area (Å²) in [6.45, 7) is 6.55. The molecule has 0 N–H and O–H groups in total.